The van der Waals surface area contributed by atoms with Crippen molar-refractivity contribution in [1.82, 2.24) is 13.6 Å². The zero-order valence-electron chi connectivity index (χ0n) is 11.1. The predicted octanol–water partition coefficient (Wildman–Crippen LogP) is 1.41. The standard InChI is InChI=1S/C12H18ClN3O2S/c1-15(2)19(17,18)16-6-5-11(9-16)7-10-3-4-12(13)14-8-10/h3-4,8,11H,5-7,9H2,1-2H3/t11-/m0/s1. The van der Waals surface area contributed by atoms with Crippen molar-refractivity contribution in [1.29, 1.82) is 0 Å². The molecule has 0 bridgehead atoms. The van der Waals surface area contributed by atoms with E-state index in [-0.39, 0.29) is 0 Å². The molecular weight excluding hydrogens is 286 g/mol. The molecule has 0 N–H and O–H groups in total. The van der Waals surface area contributed by atoms with Crippen LogP contribution in [0.3, 0.4) is 0 Å². The van der Waals surface area contributed by atoms with Gasteiger partial charge in [0.1, 0.15) is 5.15 Å². The second kappa shape index (κ2) is 5.75. The van der Waals surface area contributed by atoms with Crippen LogP contribution in [0.5, 0.6) is 0 Å². The average Bonchev–Trinajstić information content (AvgIpc) is 2.81. The molecule has 1 aliphatic heterocycles. The average molecular weight is 304 g/mol. The van der Waals surface area contributed by atoms with E-state index in [1.807, 2.05) is 6.07 Å². The zero-order valence-corrected chi connectivity index (χ0v) is 12.7. The van der Waals surface area contributed by atoms with Gasteiger partial charge in [0.25, 0.3) is 10.2 Å². The largest absolute Gasteiger partial charge is 0.281 e. The Kier molecular flexibility index (Phi) is 4.45. The van der Waals surface area contributed by atoms with Crippen LogP contribution < -0.4 is 0 Å². The summed E-state index contributed by atoms with van der Waals surface area (Å²) in [6, 6.07) is 3.71. The highest BCUT2D eigenvalue weighted by Gasteiger charge is 2.32. The number of halogens is 1. The molecular formula is C12H18ClN3O2S. The topological polar surface area (TPSA) is 53.5 Å². The molecule has 0 saturated carbocycles. The van der Waals surface area contributed by atoms with Crippen LogP contribution in [0.15, 0.2) is 18.3 Å². The summed E-state index contributed by atoms with van der Waals surface area (Å²) in [5.41, 5.74) is 1.10. The molecule has 1 aromatic rings. The molecule has 1 aliphatic rings. The fourth-order valence-corrected chi connectivity index (χ4v) is 3.57. The lowest BCUT2D eigenvalue weighted by atomic mass is 10.0. The van der Waals surface area contributed by atoms with E-state index in [1.165, 1.54) is 4.31 Å². The Balaban J connectivity index is 1.98. The van der Waals surface area contributed by atoms with Crippen LogP contribution >= 0.6 is 11.6 Å². The maximum atomic E-state index is 12.0. The van der Waals surface area contributed by atoms with Gasteiger partial charge in [-0.15, -0.1) is 0 Å². The molecule has 1 atom stereocenters. The lowest BCUT2D eigenvalue weighted by molar-refractivity contribution is 0.409. The van der Waals surface area contributed by atoms with Crippen LogP contribution in [-0.2, 0) is 16.6 Å². The van der Waals surface area contributed by atoms with Gasteiger partial charge in [-0.25, -0.2) is 4.98 Å². The summed E-state index contributed by atoms with van der Waals surface area (Å²) in [5.74, 6) is 0.345. The first-order valence-electron chi connectivity index (χ1n) is 6.17. The Bertz CT molecular complexity index is 530. The normalized spacial score (nSPS) is 21.2. The summed E-state index contributed by atoms with van der Waals surface area (Å²) in [6.07, 6.45) is 3.48. The van der Waals surface area contributed by atoms with Crippen molar-refractivity contribution < 1.29 is 8.42 Å². The minimum atomic E-state index is -3.28. The van der Waals surface area contributed by atoms with Gasteiger partial charge in [-0.05, 0) is 30.4 Å². The van der Waals surface area contributed by atoms with Crippen LogP contribution in [0.4, 0.5) is 0 Å². The fraction of sp³-hybridized carbons (Fsp3) is 0.583. The van der Waals surface area contributed by atoms with E-state index in [9.17, 15) is 8.42 Å². The highest BCUT2D eigenvalue weighted by Crippen LogP contribution is 2.24. The van der Waals surface area contributed by atoms with Crippen molar-refractivity contribution in [2.24, 2.45) is 5.92 Å². The summed E-state index contributed by atoms with van der Waals surface area (Å²) in [5, 5.41) is 0.479. The highest BCUT2D eigenvalue weighted by molar-refractivity contribution is 7.86. The summed E-state index contributed by atoms with van der Waals surface area (Å²) >= 11 is 5.74. The van der Waals surface area contributed by atoms with Crippen LogP contribution in [0.2, 0.25) is 5.15 Å². The molecule has 19 heavy (non-hydrogen) atoms. The molecule has 2 heterocycles. The Morgan fingerprint density at radius 1 is 1.47 bits per heavy atom. The number of hydrogen-bond acceptors (Lipinski definition) is 3. The van der Waals surface area contributed by atoms with Crippen LogP contribution in [-0.4, -0.2) is 49.2 Å². The molecule has 0 aliphatic carbocycles. The first-order chi connectivity index (χ1) is 8.89. The molecule has 2 rings (SSSR count). The van der Waals surface area contributed by atoms with Gasteiger partial charge in [-0.2, -0.15) is 17.0 Å². The summed E-state index contributed by atoms with van der Waals surface area (Å²) in [7, 11) is -0.156. The van der Waals surface area contributed by atoms with E-state index in [2.05, 4.69) is 4.98 Å². The molecule has 0 aromatic carbocycles. The Labute approximate surface area is 119 Å². The molecule has 0 amide bonds. The number of rotatable bonds is 4. The smallest absolute Gasteiger partial charge is 0.244 e. The third kappa shape index (κ3) is 3.45. The van der Waals surface area contributed by atoms with Gasteiger partial charge in [0, 0.05) is 33.4 Å². The van der Waals surface area contributed by atoms with Gasteiger partial charge in [0.15, 0.2) is 0 Å². The minimum Gasteiger partial charge on any atom is -0.244 e. The molecule has 0 unspecified atom stereocenters. The summed E-state index contributed by atoms with van der Waals surface area (Å²) in [4.78, 5) is 4.04. The van der Waals surface area contributed by atoms with Gasteiger partial charge < -0.3 is 0 Å². The SMILES string of the molecule is CN(C)S(=O)(=O)N1CC[C@@H](Cc2ccc(Cl)nc2)C1. The third-order valence-electron chi connectivity index (χ3n) is 3.35. The van der Waals surface area contributed by atoms with E-state index >= 15 is 0 Å². The van der Waals surface area contributed by atoms with Gasteiger partial charge in [-0.1, -0.05) is 17.7 Å². The number of nitrogens with zero attached hydrogens (tertiary/aromatic N) is 3. The van der Waals surface area contributed by atoms with E-state index in [4.69, 9.17) is 11.6 Å². The third-order valence-corrected chi connectivity index (χ3v) is 5.48. The maximum Gasteiger partial charge on any atom is 0.281 e. The van der Waals surface area contributed by atoms with E-state index in [0.29, 0.717) is 24.2 Å². The molecule has 0 spiro atoms. The van der Waals surface area contributed by atoms with Gasteiger partial charge in [-0.3, -0.25) is 0 Å². The predicted molar refractivity (Wildman–Crippen MR) is 75.2 cm³/mol. The first kappa shape index (κ1) is 14.7. The number of hydrogen-bond donors (Lipinski definition) is 0. The van der Waals surface area contributed by atoms with Crippen molar-refractivity contribution in [3.8, 4) is 0 Å². The highest BCUT2D eigenvalue weighted by atomic mass is 35.5. The molecule has 1 aromatic heterocycles. The molecule has 106 valence electrons. The molecule has 1 saturated heterocycles. The van der Waals surface area contributed by atoms with Crippen molar-refractivity contribution in [3.63, 3.8) is 0 Å². The van der Waals surface area contributed by atoms with Crippen LogP contribution in [0.1, 0.15) is 12.0 Å². The quantitative estimate of drug-likeness (QED) is 0.790. The van der Waals surface area contributed by atoms with Gasteiger partial charge in [0.2, 0.25) is 0 Å². The summed E-state index contributed by atoms with van der Waals surface area (Å²) < 4.78 is 26.8. The van der Waals surface area contributed by atoms with Gasteiger partial charge >= 0.3 is 0 Å². The molecule has 5 nitrogen and oxygen atoms in total. The number of aromatic nitrogens is 1. The molecule has 1 fully saturated rings. The Hall–Kier alpha value is -0.690. The van der Waals surface area contributed by atoms with Gasteiger partial charge in [0.05, 0.1) is 0 Å². The minimum absolute atomic E-state index is 0.345. The van der Waals surface area contributed by atoms with Crippen molar-refractivity contribution in [2.45, 2.75) is 12.8 Å². The number of pyridine rings is 1. The second-order valence-corrected chi connectivity index (χ2v) is 7.53. The van der Waals surface area contributed by atoms with E-state index in [0.717, 1.165) is 18.4 Å². The van der Waals surface area contributed by atoms with E-state index < -0.39 is 10.2 Å². The molecule has 0 radical (unpaired) electrons. The van der Waals surface area contributed by atoms with E-state index in [1.54, 1.807) is 30.7 Å². The summed E-state index contributed by atoms with van der Waals surface area (Å²) in [6.45, 7) is 1.16. The first-order valence-corrected chi connectivity index (χ1v) is 7.95. The van der Waals surface area contributed by atoms with Crippen LogP contribution in [0.25, 0.3) is 0 Å². The Morgan fingerprint density at radius 2 is 2.21 bits per heavy atom. The Morgan fingerprint density at radius 3 is 2.79 bits per heavy atom. The second-order valence-electron chi connectivity index (χ2n) is 5.00. The fourth-order valence-electron chi connectivity index (χ4n) is 2.26. The monoisotopic (exact) mass is 303 g/mol. The van der Waals surface area contributed by atoms with Crippen molar-refractivity contribution >= 4 is 21.8 Å². The molecule has 7 heteroatoms. The van der Waals surface area contributed by atoms with Crippen LogP contribution in [0, 0.1) is 5.92 Å². The lowest BCUT2D eigenvalue weighted by Gasteiger charge is -2.20. The lowest BCUT2D eigenvalue weighted by Crippen LogP contribution is -2.38. The van der Waals surface area contributed by atoms with Crippen molar-refractivity contribution in [2.75, 3.05) is 27.2 Å². The van der Waals surface area contributed by atoms with Crippen molar-refractivity contribution in [3.05, 3.63) is 29.0 Å². The maximum absolute atomic E-state index is 12.0. The zero-order chi connectivity index (χ0) is 14.0.